The van der Waals surface area contributed by atoms with Crippen LogP contribution in [-0.4, -0.2) is 37.1 Å². The molecule has 4 heteroatoms. The Labute approximate surface area is 173 Å². The van der Waals surface area contributed by atoms with Crippen molar-refractivity contribution in [1.82, 2.24) is 0 Å². The number of aliphatic hydroxyl groups is 1. The Balaban J connectivity index is 1.66. The highest BCUT2D eigenvalue weighted by Crippen LogP contribution is 2.23. The minimum Gasteiger partial charge on any atom is -0.497 e. The van der Waals surface area contributed by atoms with Crippen LogP contribution >= 0.6 is 0 Å². The van der Waals surface area contributed by atoms with Gasteiger partial charge in [0, 0.05) is 5.56 Å². The molecule has 0 saturated carbocycles. The predicted octanol–water partition coefficient (Wildman–Crippen LogP) is 4.11. The van der Waals surface area contributed by atoms with Crippen LogP contribution in [0, 0.1) is 11.8 Å². The number of hydrogen-bond donors (Lipinski definition) is 1. The molecule has 29 heavy (non-hydrogen) atoms. The van der Waals surface area contributed by atoms with Crippen LogP contribution < -0.4 is 9.47 Å². The monoisotopic (exact) mass is 392 g/mol. The summed E-state index contributed by atoms with van der Waals surface area (Å²) in [4.78, 5) is 0. The van der Waals surface area contributed by atoms with Crippen LogP contribution in [0.4, 0.5) is 0 Å². The first-order chi connectivity index (χ1) is 13.9. The SMILES string of the molecule is COc1ccc(O[C@H]2C=C[C@@H](C#Cc3ccc(C(C)(C)C)cc3)O[C@@H]2CO)cc1. The summed E-state index contributed by atoms with van der Waals surface area (Å²) < 4.78 is 17.0. The van der Waals surface area contributed by atoms with E-state index in [1.165, 1.54) is 5.56 Å². The van der Waals surface area contributed by atoms with E-state index in [-0.39, 0.29) is 24.2 Å². The lowest BCUT2D eigenvalue weighted by molar-refractivity contribution is -0.0549. The smallest absolute Gasteiger partial charge is 0.145 e. The van der Waals surface area contributed by atoms with Gasteiger partial charge in [0.1, 0.15) is 29.8 Å². The van der Waals surface area contributed by atoms with Crippen molar-refractivity contribution in [2.75, 3.05) is 13.7 Å². The van der Waals surface area contributed by atoms with Crippen molar-refractivity contribution >= 4 is 0 Å². The molecule has 1 aliphatic heterocycles. The molecule has 0 saturated heterocycles. The van der Waals surface area contributed by atoms with Crippen LogP contribution in [0.2, 0.25) is 0 Å². The quantitative estimate of drug-likeness (QED) is 0.628. The van der Waals surface area contributed by atoms with Crippen molar-refractivity contribution in [2.24, 2.45) is 0 Å². The molecule has 2 aromatic carbocycles. The molecule has 0 radical (unpaired) electrons. The Morgan fingerprint density at radius 1 is 0.966 bits per heavy atom. The van der Waals surface area contributed by atoms with Gasteiger partial charge in [-0.15, -0.1) is 0 Å². The van der Waals surface area contributed by atoms with Crippen molar-refractivity contribution in [1.29, 1.82) is 0 Å². The van der Waals surface area contributed by atoms with Gasteiger partial charge in [0.05, 0.1) is 13.7 Å². The zero-order valence-electron chi connectivity index (χ0n) is 17.4. The predicted molar refractivity (Wildman–Crippen MR) is 114 cm³/mol. The molecule has 0 unspecified atom stereocenters. The van der Waals surface area contributed by atoms with E-state index < -0.39 is 6.10 Å². The first kappa shape index (κ1) is 21.0. The Hall–Kier alpha value is -2.74. The van der Waals surface area contributed by atoms with E-state index in [4.69, 9.17) is 14.2 Å². The molecule has 1 N–H and O–H groups in total. The van der Waals surface area contributed by atoms with E-state index in [1.54, 1.807) is 7.11 Å². The fourth-order valence-corrected chi connectivity index (χ4v) is 3.01. The van der Waals surface area contributed by atoms with Gasteiger partial charge < -0.3 is 19.3 Å². The minimum atomic E-state index is -0.482. The zero-order chi connectivity index (χ0) is 20.9. The van der Waals surface area contributed by atoms with Gasteiger partial charge >= 0.3 is 0 Å². The molecule has 0 amide bonds. The van der Waals surface area contributed by atoms with E-state index in [0.29, 0.717) is 5.75 Å². The molecule has 3 atom stereocenters. The van der Waals surface area contributed by atoms with Crippen molar-refractivity contribution in [2.45, 2.75) is 44.5 Å². The number of rotatable bonds is 4. The summed E-state index contributed by atoms with van der Waals surface area (Å²) in [5, 5.41) is 9.72. The maximum absolute atomic E-state index is 9.72. The summed E-state index contributed by atoms with van der Waals surface area (Å²) in [6.07, 6.45) is 2.53. The maximum Gasteiger partial charge on any atom is 0.145 e. The fraction of sp³-hybridized carbons (Fsp3) is 0.360. The normalized spacial score (nSPS) is 21.2. The number of hydrogen-bond acceptors (Lipinski definition) is 4. The average Bonchev–Trinajstić information content (AvgIpc) is 2.73. The number of benzene rings is 2. The molecule has 0 bridgehead atoms. The van der Waals surface area contributed by atoms with E-state index in [1.807, 2.05) is 48.6 Å². The van der Waals surface area contributed by atoms with Gasteiger partial charge in [-0.3, -0.25) is 0 Å². The Bertz CT molecular complexity index is 880. The Kier molecular flexibility index (Phi) is 6.64. The summed E-state index contributed by atoms with van der Waals surface area (Å²) in [6, 6.07) is 15.6. The first-order valence-electron chi connectivity index (χ1n) is 9.76. The van der Waals surface area contributed by atoms with Crippen LogP contribution in [0.3, 0.4) is 0 Å². The van der Waals surface area contributed by atoms with E-state index >= 15 is 0 Å². The molecule has 0 spiro atoms. The van der Waals surface area contributed by atoms with Crippen LogP contribution in [0.25, 0.3) is 0 Å². The lowest BCUT2D eigenvalue weighted by Crippen LogP contribution is -2.40. The van der Waals surface area contributed by atoms with Crippen molar-refractivity contribution < 1.29 is 19.3 Å². The van der Waals surface area contributed by atoms with Crippen molar-refractivity contribution in [3.63, 3.8) is 0 Å². The lowest BCUT2D eigenvalue weighted by atomic mass is 9.87. The molecule has 0 fully saturated rings. The molecule has 1 heterocycles. The third-order valence-electron chi connectivity index (χ3n) is 4.78. The van der Waals surface area contributed by atoms with Gasteiger partial charge in [-0.05, 0) is 59.5 Å². The topological polar surface area (TPSA) is 47.9 Å². The second-order valence-electron chi connectivity index (χ2n) is 8.02. The van der Waals surface area contributed by atoms with Gasteiger partial charge in [-0.2, -0.15) is 0 Å². The molecule has 1 aliphatic rings. The third kappa shape index (κ3) is 5.63. The second-order valence-corrected chi connectivity index (χ2v) is 8.02. The summed E-state index contributed by atoms with van der Waals surface area (Å²) >= 11 is 0. The van der Waals surface area contributed by atoms with Crippen molar-refractivity contribution in [3.05, 3.63) is 71.8 Å². The maximum atomic E-state index is 9.72. The van der Waals surface area contributed by atoms with E-state index in [0.717, 1.165) is 11.3 Å². The number of ether oxygens (including phenoxy) is 3. The Morgan fingerprint density at radius 3 is 2.21 bits per heavy atom. The van der Waals surface area contributed by atoms with Gasteiger partial charge in [0.25, 0.3) is 0 Å². The molecule has 0 aromatic heterocycles. The minimum absolute atomic E-state index is 0.119. The second kappa shape index (κ2) is 9.17. The van der Waals surface area contributed by atoms with Crippen LogP contribution in [0.1, 0.15) is 31.9 Å². The van der Waals surface area contributed by atoms with Gasteiger partial charge in [-0.1, -0.05) is 44.7 Å². The molecule has 4 nitrogen and oxygen atoms in total. The fourth-order valence-electron chi connectivity index (χ4n) is 3.01. The van der Waals surface area contributed by atoms with Crippen LogP contribution in [0.5, 0.6) is 11.5 Å². The third-order valence-corrected chi connectivity index (χ3v) is 4.78. The van der Waals surface area contributed by atoms with E-state index in [9.17, 15) is 5.11 Å². The Morgan fingerprint density at radius 2 is 1.62 bits per heavy atom. The highest BCUT2D eigenvalue weighted by Gasteiger charge is 2.27. The van der Waals surface area contributed by atoms with Gasteiger partial charge in [-0.25, -0.2) is 0 Å². The van der Waals surface area contributed by atoms with Crippen molar-refractivity contribution in [3.8, 4) is 23.3 Å². The van der Waals surface area contributed by atoms with Crippen LogP contribution in [0.15, 0.2) is 60.7 Å². The van der Waals surface area contributed by atoms with Gasteiger partial charge in [0.2, 0.25) is 0 Å². The highest BCUT2D eigenvalue weighted by atomic mass is 16.6. The molecule has 2 aromatic rings. The summed E-state index contributed by atoms with van der Waals surface area (Å²) in [6.45, 7) is 6.42. The molecule has 152 valence electrons. The lowest BCUT2D eigenvalue weighted by Gasteiger charge is -2.29. The highest BCUT2D eigenvalue weighted by molar-refractivity contribution is 5.39. The standard InChI is InChI=1S/C25H28O4/c1-25(2,3)19-8-5-18(6-9-19)7-10-21-15-16-23(24(17-26)29-21)28-22-13-11-20(27-4)12-14-22/h5-6,8-9,11-16,21,23-24,26H,17H2,1-4H3/t21-,23+,24-/m1/s1. The van der Waals surface area contributed by atoms with Gasteiger partial charge in [0.15, 0.2) is 0 Å². The van der Waals surface area contributed by atoms with E-state index in [2.05, 4.69) is 44.7 Å². The largest absolute Gasteiger partial charge is 0.497 e. The first-order valence-corrected chi connectivity index (χ1v) is 9.76. The zero-order valence-corrected chi connectivity index (χ0v) is 17.4. The summed E-state index contributed by atoms with van der Waals surface area (Å²) in [5.41, 5.74) is 2.33. The molecular weight excluding hydrogens is 364 g/mol. The van der Waals surface area contributed by atoms with Crippen LogP contribution in [-0.2, 0) is 10.2 Å². The summed E-state index contributed by atoms with van der Waals surface area (Å²) in [7, 11) is 1.62. The average molecular weight is 392 g/mol. The number of aliphatic hydroxyl groups excluding tert-OH is 1. The summed E-state index contributed by atoms with van der Waals surface area (Å²) in [5.74, 6) is 7.72. The molecular formula is C25H28O4. The molecule has 3 rings (SSSR count). The number of methoxy groups -OCH3 is 1. The molecule has 0 aliphatic carbocycles.